The van der Waals surface area contributed by atoms with Crippen LogP contribution in [-0.4, -0.2) is 15.0 Å². The molecule has 2 heterocycles. The summed E-state index contributed by atoms with van der Waals surface area (Å²) < 4.78 is 40.2. The third-order valence-corrected chi connectivity index (χ3v) is 3.77. The smallest absolute Gasteiger partial charge is 0.194 e. The molecule has 0 unspecified atom stereocenters. The molecular formula is C19H11F3N4. The minimum atomic E-state index is -1.51. The summed E-state index contributed by atoms with van der Waals surface area (Å²) in [4.78, 5) is 13.0. The summed E-state index contributed by atoms with van der Waals surface area (Å²) in [6, 6.07) is 12.5. The Balaban J connectivity index is 1.86. The number of nitrogens with one attached hydrogen (secondary N) is 1. The van der Waals surface area contributed by atoms with E-state index in [0.29, 0.717) is 28.1 Å². The van der Waals surface area contributed by atoms with Crippen molar-refractivity contribution in [3.05, 3.63) is 78.4 Å². The number of hydrogen-bond acceptors (Lipinski definition) is 4. The van der Waals surface area contributed by atoms with E-state index in [1.807, 2.05) is 6.07 Å². The highest BCUT2D eigenvalue weighted by Gasteiger charge is 2.13. The van der Waals surface area contributed by atoms with Crippen molar-refractivity contribution < 1.29 is 13.2 Å². The van der Waals surface area contributed by atoms with Gasteiger partial charge in [0.05, 0.1) is 5.52 Å². The van der Waals surface area contributed by atoms with Crippen LogP contribution in [0, 0.1) is 17.5 Å². The summed E-state index contributed by atoms with van der Waals surface area (Å²) in [7, 11) is 0. The van der Waals surface area contributed by atoms with E-state index in [2.05, 4.69) is 20.3 Å². The molecule has 26 heavy (non-hydrogen) atoms. The maximum Gasteiger partial charge on any atom is 0.194 e. The van der Waals surface area contributed by atoms with E-state index in [1.165, 1.54) is 0 Å². The number of halogens is 3. The molecule has 1 N–H and O–H groups in total. The van der Waals surface area contributed by atoms with Gasteiger partial charge in [-0.2, -0.15) is 0 Å². The molecule has 2 aromatic carbocycles. The minimum absolute atomic E-state index is 0.0439. The van der Waals surface area contributed by atoms with Crippen molar-refractivity contribution in [3.8, 4) is 11.4 Å². The predicted molar refractivity (Wildman–Crippen MR) is 92.4 cm³/mol. The molecule has 0 saturated heterocycles. The van der Waals surface area contributed by atoms with E-state index < -0.39 is 17.5 Å². The molecule has 0 aliphatic rings. The lowest BCUT2D eigenvalue weighted by Gasteiger charge is -2.11. The Kier molecular flexibility index (Phi) is 3.96. The molecule has 4 aromatic rings. The third kappa shape index (κ3) is 2.95. The number of hydrogen-bond donors (Lipinski definition) is 1. The summed E-state index contributed by atoms with van der Waals surface area (Å²) in [6.07, 6.45) is 3.25. The van der Waals surface area contributed by atoms with Gasteiger partial charge in [-0.05, 0) is 24.3 Å². The minimum Gasteiger partial charge on any atom is -0.339 e. The fourth-order valence-corrected chi connectivity index (χ4v) is 2.56. The lowest BCUT2D eigenvalue weighted by molar-refractivity contribution is 0.448. The van der Waals surface area contributed by atoms with Gasteiger partial charge in [0, 0.05) is 41.2 Å². The number of nitrogens with zero attached hydrogens (tertiary/aromatic N) is 3. The Bertz CT molecular complexity index is 1080. The average Bonchev–Trinajstić information content (AvgIpc) is 2.66. The second-order valence-corrected chi connectivity index (χ2v) is 5.53. The van der Waals surface area contributed by atoms with Gasteiger partial charge < -0.3 is 5.32 Å². The molecule has 0 fully saturated rings. The molecule has 0 atom stereocenters. The second-order valence-electron chi connectivity index (χ2n) is 5.53. The van der Waals surface area contributed by atoms with E-state index >= 15 is 0 Å². The topological polar surface area (TPSA) is 50.7 Å². The standard InChI is InChI=1S/C19H11F3N4/c20-14-8-12(9-15(21)17(14)22)24-19-13-5-1-2-6-16(13)25-18(26-19)11-4-3-7-23-10-11/h1-10H,(H,24,25,26). The molecule has 0 bridgehead atoms. The monoisotopic (exact) mass is 352 g/mol. The van der Waals surface area contributed by atoms with Gasteiger partial charge in [-0.3, -0.25) is 4.98 Å². The largest absolute Gasteiger partial charge is 0.339 e. The highest BCUT2D eigenvalue weighted by molar-refractivity contribution is 5.92. The Hall–Kier alpha value is -3.48. The van der Waals surface area contributed by atoms with Gasteiger partial charge in [-0.1, -0.05) is 12.1 Å². The quantitative estimate of drug-likeness (QED) is 0.536. The zero-order valence-electron chi connectivity index (χ0n) is 13.2. The molecule has 0 aliphatic carbocycles. The predicted octanol–water partition coefficient (Wildman–Crippen LogP) is 4.85. The Morgan fingerprint density at radius 2 is 1.62 bits per heavy atom. The SMILES string of the molecule is Fc1cc(Nc2nc(-c3cccnc3)nc3ccccc23)cc(F)c1F. The first-order valence-electron chi connectivity index (χ1n) is 7.70. The maximum absolute atomic E-state index is 13.5. The fourth-order valence-electron chi connectivity index (χ4n) is 2.56. The molecule has 0 saturated carbocycles. The van der Waals surface area contributed by atoms with Crippen LogP contribution in [0.15, 0.2) is 60.9 Å². The van der Waals surface area contributed by atoms with Crippen LogP contribution < -0.4 is 5.32 Å². The van der Waals surface area contributed by atoms with Crippen LogP contribution in [-0.2, 0) is 0 Å². The normalized spacial score (nSPS) is 10.9. The first-order valence-corrected chi connectivity index (χ1v) is 7.70. The fraction of sp³-hybridized carbons (Fsp3) is 0. The van der Waals surface area contributed by atoms with Crippen LogP contribution in [0.1, 0.15) is 0 Å². The molecule has 0 radical (unpaired) electrons. The first kappa shape index (κ1) is 16.0. The van der Waals surface area contributed by atoms with Gasteiger partial charge in [0.15, 0.2) is 23.3 Å². The number of anilines is 2. The van der Waals surface area contributed by atoms with Gasteiger partial charge in [0.2, 0.25) is 0 Å². The molecular weight excluding hydrogens is 341 g/mol. The van der Waals surface area contributed by atoms with Crippen molar-refractivity contribution in [2.24, 2.45) is 0 Å². The van der Waals surface area contributed by atoms with Crippen LogP contribution in [0.5, 0.6) is 0 Å². The van der Waals surface area contributed by atoms with Gasteiger partial charge >= 0.3 is 0 Å². The lowest BCUT2D eigenvalue weighted by Crippen LogP contribution is -2.01. The van der Waals surface area contributed by atoms with Crippen molar-refractivity contribution >= 4 is 22.4 Å². The highest BCUT2D eigenvalue weighted by atomic mass is 19.2. The van der Waals surface area contributed by atoms with Crippen LogP contribution in [0.25, 0.3) is 22.3 Å². The number of benzene rings is 2. The molecule has 7 heteroatoms. The number of fused-ring (bicyclic) bond motifs is 1. The van der Waals surface area contributed by atoms with Gasteiger partial charge in [-0.25, -0.2) is 23.1 Å². The second kappa shape index (κ2) is 6.44. The zero-order valence-corrected chi connectivity index (χ0v) is 13.2. The molecule has 4 nitrogen and oxygen atoms in total. The summed E-state index contributed by atoms with van der Waals surface area (Å²) >= 11 is 0. The summed E-state index contributed by atoms with van der Waals surface area (Å²) in [5.74, 6) is -3.32. The Morgan fingerprint density at radius 3 is 2.35 bits per heavy atom. The van der Waals surface area contributed by atoms with Crippen LogP contribution in [0.2, 0.25) is 0 Å². The summed E-state index contributed by atoms with van der Waals surface area (Å²) in [6.45, 7) is 0. The van der Waals surface area contributed by atoms with Crippen molar-refractivity contribution in [2.45, 2.75) is 0 Å². The molecule has 128 valence electrons. The van der Waals surface area contributed by atoms with Crippen molar-refractivity contribution in [1.29, 1.82) is 0 Å². The molecule has 4 rings (SSSR count). The van der Waals surface area contributed by atoms with E-state index in [1.54, 1.807) is 42.7 Å². The maximum atomic E-state index is 13.5. The summed E-state index contributed by atoms with van der Waals surface area (Å²) in [5.41, 5.74) is 1.38. The van der Waals surface area contributed by atoms with E-state index in [-0.39, 0.29) is 5.69 Å². The zero-order chi connectivity index (χ0) is 18.1. The van der Waals surface area contributed by atoms with Crippen molar-refractivity contribution in [3.63, 3.8) is 0 Å². The highest BCUT2D eigenvalue weighted by Crippen LogP contribution is 2.28. The van der Waals surface area contributed by atoms with Gasteiger partial charge in [-0.15, -0.1) is 0 Å². The first-order chi connectivity index (χ1) is 12.6. The molecule has 0 amide bonds. The van der Waals surface area contributed by atoms with E-state index in [0.717, 1.165) is 12.1 Å². The van der Waals surface area contributed by atoms with E-state index in [9.17, 15) is 13.2 Å². The lowest BCUT2D eigenvalue weighted by atomic mass is 10.2. The van der Waals surface area contributed by atoms with Gasteiger partial charge in [0.25, 0.3) is 0 Å². The van der Waals surface area contributed by atoms with Crippen molar-refractivity contribution in [2.75, 3.05) is 5.32 Å². The Morgan fingerprint density at radius 1 is 0.846 bits per heavy atom. The van der Waals surface area contributed by atoms with Crippen LogP contribution in [0.4, 0.5) is 24.7 Å². The van der Waals surface area contributed by atoms with Crippen LogP contribution in [0.3, 0.4) is 0 Å². The summed E-state index contributed by atoms with van der Waals surface area (Å²) in [5, 5.41) is 3.51. The number of rotatable bonds is 3. The molecule has 0 aliphatic heterocycles. The third-order valence-electron chi connectivity index (χ3n) is 3.77. The van der Waals surface area contributed by atoms with Gasteiger partial charge in [0.1, 0.15) is 5.82 Å². The van der Waals surface area contributed by atoms with E-state index in [4.69, 9.17) is 0 Å². The molecule has 0 spiro atoms. The van der Waals surface area contributed by atoms with Crippen LogP contribution >= 0.6 is 0 Å². The average molecular weight is 352 g/mol. The number of para-hydroxylation sites is 1. The number of pyridine rings is 1. The Labute approximate surface area is 146 Å². The molecule has 2 aromatic heterocycles. The van der Waals surface area contributed by atoms with Crippen molar-refractivity contribution in [1.82, 2.24) is 15.0 Å². The number of aromatic nitrogens is 3.